The molecule has 1 amide bonds. The normalized spacial score (nSPS) is 16.0. The minimum absolute atomic E-state index is 0.154. The third kappa shape index (κ3) is 4.26. The first-order valence-electron chi connectivity index (χ1n) is 8.90. The Bertz CT molecular complexity index is 751. The molecule has 0 N–H and O–H groups in total. The molecule has 0 bridgehead atoms. The Morgan fingerprint density at radius 2 is 1.73 bits per heavy atom. The van der Waals surface area contributed by atoms with E-state index in [4.69, 9.17) is 11.6 Å². The van der Waals surface area contributed by atoms with Gasteiger partial charge in [0.1, 0.15) is 5.15 Å². The number of amides is 1. The van der Waals surface area contributed by atoms with Crippen molar-refractivity contribution in [2.45, 2.75) is 13.5 Å². The zero-order chi connectivity index (χ0) is 18.7. The summed E-state index contributed by atoms with van der Waals surface area (Å²) in [6, 6.07) is 9.95. The van der Waals surface area contributed by atoms with Crippen LogP contribution in [0.25, 0.3) is 5.69 Å². The van der Waals surface area contributed by atoms with Gasteiger partial charge in [-0.1, -0.05) is 29.8 Å². The van der Waals surface area contributed by atoms with Gasteiger partial charge in [0, 0.05) is 52.4 Å². The van der Waals surface area contributed by atoms with Gasteiger partial charge in [0.2, 0.25) is 5.91 Å². The van der Waals surface area contributed by atoms with E-state index >= 15 is 0 Å². The summed E-state index contributed by atoms with van der Waals surface area (Å²) < 4.78 is 1.80. The summed E-state index contributed by atoms with van der Waals surface area (Å²) in [5.41, 5.74) is 3.01. The molecule has 1 aromatic heterocycles. The molecular formula is C19H26ClN5O. The van der Waals surface area contributed by atoms with Crippen molar-refractivity contribution in [3.8, 4) is 5.69 Å². The first-order valence-corrected chi connectivity index (χ1v) is 9.28. The van der Waals surface area contributed by atoms with Crippen LogP contribution in [0.15, 0.2) is 30.3 Å². The van der Waals surface area contributed by atoms with Crippen molar-refractivity contribution in [2.75, 3.05) is 46.8 Å². The second-order valence-electron chi connectivity index (χ2n) is 6.94. The molecule has 0 spiro atoms. The van der Waals surface area contributed by atoms with Gasteiger partial charge < -0.3 is 4.90 Å². The molecule has 140 valence electrons. The Hall–Kier alpha value is -1.89. The maximum atomic E-state index is 11.9. The summed E-state index contributed by atoms with van der Waals surface area (Å²) in [7, 11) is 3.60. The van der Waals surface area contributed by atoms with Gasteiger partial charge in [-0.15, -0.1) is 0 Å². The Labute approximate surface area is 159 Å². The van der Waals surface area contributed by atoms with Crippen LogP contribution in [0.3, 0.4) is 0 Å². The molecule has 1 aliphatic rings. The second kappa shape index (κ2) is 8.20. The Kier molecular flexibility index (Phi) is 5.96. The first kappa shape index (κ1) is 18.9. The number of benzene rings is 1. The van der Waals surface area contributed by atoms with Crippen LogP contribution in [-0.4, -0.2) is 77.2 Å². The van der Waals surface area contributed by atoms with Crippen molar-refractivity contribution >= 4 is 17.5 Å². The second-order valence-corrected chi connectivity index (χ2v) is 7.30. The Balaban J connectivity index is 1.62. The molecule has 2 heterocycles. The molecular weight excluding hydrogens is 350 g/mol. The Morgan fingerprint density at radius 1 is 1.12 bits per heavy atom. The van der Waals surface area contributed by atoms with Crippen LogP contribution in [-0.2, 0) is 11.3 Å². The van der Waals surface area contributed by atoms with Gasteiger partial charge in [-0.2, -0.15) is 5.10 Å². The molecule has 7 heteroatoms. The van der Waals surface area contributed by atoms with Crippen molar-refractivity contribution < 1.29 is 4.79 Å². The predicted octanol–water partition coefficient (Wildman–Crippen LogP) is 2.04. The highest BCUT2D eigenvalue weighted by Gasteiger charge is 2.22. The number of aryl methyl sites for hydroxylation is 1. The smallest absolute Gasteiger partial charge is 0.236 e. The van der Waals surface area contributed by atoms with E-state index < -0.39 is 0 Å². The highest BCUT2D eigenvalue weighted by atomic mass is 35.5. The topological polar surface area (TPSA) is 44.6 Å². The van der Waals surface area contributed by atoms with Crippen LogP contribution in [0, 0.1) is 6.92 Å². The van der Waals surface area contributed by atoms with Gasteiger partial charge in [-0.05, 0) is 19.1 Å². The third-order valence-corrected chi connectivity index (χ3v) is 5.22. The molecule has 26 heavy (non-hydrogen) atoms. The van der Waals surface area contributed by atoms with Gasteiger partial charge in [0.15, 0.2) is 0 Å². The number of rotatable bonds is 5. The molecule has 0 aliphatic carbocycles. The maximum Gasteiger partial charge on any atom is 0.236 e. The molecule has 1 fully saturated rings. The lowest BCUT2D eigenvalue weighted by Gasteiger charge is -2.34. The summed E-state index contributed by atoms with van der Waals surface area (Å²) >= 11 is 6.63. The lowest BCUT2D eigenvalue weighted by Crippen LogP contribution is -2.48. The van der Waals surface area contributed by atoms with Gasteiger partial charge in [-0.25, -0.2) is 4.68 Å². The Morgan fingerprint density at radius 3 is 2.35 bits per heavy atom. The minimum atomic E-state index is 0.154. The van der Waals surface area contributed by atoms with Gasteiger partial charge in [0.05, 0.1) is 17.9 Å². The number of halogens is 1. The fraction of sp³-hybridized carbons (Fsp3) is 0.474. The molecule has 0 radical (unpaired) electrons. The molecule has 0 atom stereocenters. The summed E-state index contributed by atoms with van der Waals surface area (Å²) in [5.74, 6) is 0.154. The first-order chi connectivity index (χ1) is 12.5. The summed E-state index contributed by atoms with van der Waals surface area (Å²) in [6.45, 7) is 6.91. The van der Waals surface area contributed by atoms with Crippen LogP contribution in [0.1, 0.15) is 11.3 Å². The maximum absolute atomic E-state index is 11.9. The highest BCUT2D eigenvalue weighted by molar-refractivity contribution is 6.30. The van der Waals surface area contributed by atoms with Crippen molar-refractivity contribution in [1.82, 2.24) is 24.5 Å². The third-order valence-electron chi connectivity index (χ3n) is 4.83. The zero-order valence-electron chi connectivity index (χ0n) is 15.7. The van der Waals surface area contributed by atoms with E-state index in [-0.39, 0.29) is 5.91 Å². The van der Waals surface area contributed by atoms with E-state index in [2.05, 4.69) is 14.9 Å². The lowest BCUT2D eigenvalue weighted by molar-refractivity contribution is -0.130. The number of hydrogen-bond donors (Lipinski definition) is 0. The van der Waals surface area contributed by atoms with Crippen LogP contribution in [0.2, 0.25) is 5.15 Å². The number of carbonyl (C=O) groups is 1. The van der Waals surface area contributed by atoms with E-state index in [0.29, 0.717) is 11.7 Å². The van der Waals surface area contributed by atoms with Gasteiger partial charge >= 0.3 is 0 Å². The fourth-order valence-electron chi connectivity index (χ4n) is 3.11. The standard InChI is InChI=1S/C19H26ClN5O/c1-15-17(19(20)25(21-15)16-7-5-4-6-8-16)13-23-9-11-24(12-10-23)14-18(26)22(2)3/h4-8H,9-14H2,1-3H3. The summed E-state index contributed by atoms with van der Waals surface area (Å²) in [4.78, 5) is 18.1. The van der Waals surface area contributed by atoms with Crippen LogP contribution in [0.5, 0.6) is 0 Å². The number of likely N-dealkylation sites (N-methyl/N-ethyl adjacent to an activating group) is 1. The molecule has 0 unspecified atom stereocenters. The van der Waals surface area contributed by atoms with Crippen molar-refractivity contribution in [1.29, 1.82) is 0 Å². The number of nitrogens with zero attached hydrogens (tertiary/aromatic N) is 5. The predicted molar refractivity (Wildman–Crippen MR) is 104 cm³/mol. The number of aromatic nitrogens is 2. The lowest BCUT2D eigenvalue weighted by atomic mass is 10.2. The van der Waals surface area contributed by atoms with Crippen molar-refractivity contribution in [3.05, 3.63) is 46.7 Å². The van der Waals surface area contributed by atoms with E-state index in [9.17, 15) is 4.79 Å². The molecule has 1 saturated heterocycles. The van der Waals surface area contributed by atoms with Crippen molar-refractivity contribution in [2.24, 2.45) is 0 Å². The van der Waals surface area contributed by atoms with Crippen LogP contribution < -0.4 is 0 Å². The van der Waals surface area contributed by atoms with Crippen LogP contribution in [0.4, 0.5) is 0 Å². The molecule has 6 nitrogen and oxygen atoms in total. The van der Waals surface area contributed by atoms with E-state index in [1.807, 2.05) is 37.3 Å². The molecule has 1 aliphatic heterocycles. The number of carbonyl (C=O) groups excluding carboxylic acids is 1. The molecule has 1 aromatic carbocycles. The number of para-hydroxylation sites is 1. The average molecular weight is 376 g/mol. The van der Waals surface area contributed by atoms with Crippen molar-refractivity contribution in [3.63, 3.8) is 0 Å². The highest BCUT2D eigenvalue weighted by Crippen LogP contribution is 2.25. The molecule has 3 rings (SSSR count). The van der Waals surface area contributed by atoms with E-state index in [1.54, 1.807) is 23.7 Å². The molecule has 2 aromatic rings. The van der Waals surface area contributed by atoms with Gasteiger partial charge in [0.25, 0.3) is 0 Å². The average Bonchev–Trinajstić information content (AvgIpc) is 2.92. The summed E-state index contributed by atoms with van der Waals surface area (Å²) in [5, 5.41) is 5.30. The molecule has 0 saturated carbocycles. The quantitative estimate of drug-likeness (QED) is 0.802. The number of piperazine rings is 1. The van der Waals surface area contributed by atoms with Gasteiger partial charge in [-0.3, -0.25) is 14.6 Å². The van der Waals surface area contributed by atoms with Crippen LogP contribution >= 0.6 is 11.6 Å². The fourth-order valence-corrected chi connectivity index (χ4v) is 3.45. The monoisotopic (exact) mass is 375 g/mol. The van der Waals surface area contributed by atoms with E-state index in [0.717, 1.165) is 49.7 Å². The SMILES string of the molecule is Cc1nn(-c2ccccc2)c(Cl)c1CN1CCN(CC(=O)N(C)C)CC1. The van der Waals surface area contributed by atoms with E-state index in [1.165, 1.54) is 0 Å². The number of hydrogen-bond acceptors (Lipinski definition) is 4. The largest absolute Gasteiger partial charge is 0.348 e. The summed E-state index contributed by atoms with van der Waals surface area (Å²) in [6.07, 6.45) is 0. The minimum Gasteiger partial charge on any atom is -0.348 e. The zero-order valence-corrected chi connectivity index (χ0v) is 16.4.